The van der Waals surface area contributed by atoms with Gasteiger partial charge in [0.2, 0.25) is 0 Å². The van der Waals surface area contributed by atoms with Gasteiger partial charge in [0.05, 0.1) is 12.1 Å². The Morgan fingerprint density at radius 3 is 3.00 bits per heavy atom. The van der Waals surface area contributed by atoms with Crippen LogP contribution in [-0.2, 0) is 6.54 Å². The van der Waals surface area contributed by atoms with Crippen LogP contribution in [0, 0.1) is 5.82 Å². The zero-order chi connectivity index (χ0) is 16.5. The lowest BCUT2D eigenvalue weighted by Gasteiger charge is -2.04. The first-order valence-electron chi connectivity index (χ1n) is 7.60. The molecule has 1 fully saturated rings. The van der Waals surface area contributed by atoms with E-state index in [9.17, 15) is 9.18 Å². The van der Waals surface area contributed by atoms with E-state index in [0.717, 1.165) is 12.8 Å². The van der Waals surface area contributed by atoms with E-state index in [-0.39, 0.29) is 23.6 Å². The van der Waals surface area contributed by atoms with Gasteiger partial charge >= 0.3 is 0 Å². The number of nitrogens with one attached hydrogen (secondary N) is 1. The fourth-order valence-electron chi connectivity index (χ4n) is 2.47. The van der Waals surface area contributed by atoms with Gasteiger partial charge in [-0.2, -0.15) is 0 Å². The molecule has 7 nitrogen and oxygen atoms in total. The van der Waals surface area contributed by atoms with E-state index in [2.05, 4.69) is 20.7 Å². The Balaban J connectivity index is 1.45. The first kappa shape index (κ1) is 14.6. The molecule has 122 valence electrons. The molecule has 0 radical (unpaired) electrons. The van der Waals surface area contributed by atoms with Crippen LogP contribution in [0.15, 0.2) is 41.2 Å². The van der Waals surface area contributed by atoms with Gasteiger partial charge in [-0.25, -0.2) is 4.39 Å². The SMILES string of the molecule is O=C(NCc1nncn1C1CC1)c1cc(-c2ccccc2F)on1. The van der Waals surface area contributed by atoms with E-state index >= 15 is 0 Å². The summed E-state index contributed by atoms with van der Waals surface area (Å²) < 4.78 is 20.8. The Labute approximate surface area is 136 Å². The van der Waals surface area contributed by atoms with Crippen molar-refractivity contribution in [2.75, 3.05) is 0 Å². The smallest absolute Gasteiger partial charge is 0.273 e. The minimum Gasteiger partial charge on any atom is -0.355 e. The van der Waals surface area contributed by atoms with Crippen LogP contribution in [0.25, 0.3) is 11.3 Å². The summed E-state index contributed by atoms with van der Waals surface area (Å²) in [6.45, 7) is 0.247. The molecule has 1 aliphatic rings. The van der Waals surface area contributed by atoms with Crippen molar-refractivity contribution in [2.45, 2.75) is 25.4 Å². The third-order valence-corrected chi connectivity index (χ3v) is 3.88. The van der Waals surface area contributed by atoms with Gasteiger partial charge in [-0.1, -0.05) is 17.3 Å². The summed E-state index contributed by atoms with van der Waals surface area (Å²) in [4.78, 5) is 12.2. The van der Waals surface area contributed by atoms with Crippen LogP contribution in [0.1, 0.15) is 35.2 Å². The molecule has 24 heavy (non-hydrogen) atoms. The minimum absolute atomic E-state index is 0.0886. The standard InChI is InChI=1S/C16H14FN5O2/c17-12-4-2-1-3-11(12)14-7-13(21-24-14)16(23)18-8-15-20-19-9-22(15)10-5-6-10/h1-4,7,9-10H,5-6,8H2,(H,18,23). The molecule has 0 spiro atoms. The highest BCUT2D eigenvalue weighted by molar-refractivity contribution is 5.93. The molecule has 0 saturated heterocycles. The second-order valence-corrected chi connectivity index (χ2v) is 5.62. The van der Waals surface area contributed by atoms with Gasteiger partial charge in [0.1, 0.15) is 12.1 Å². The highest BCUT2D eigenvalue weighted by Crippen LogP contribution is 2.35. The first-order valence-corrected chi connectivity index (χ1v) is 7.60. The monoisotopic (exact) mass is 327 g/mol. The van der Waals surface area contributed by atoms with Crippen molar-refractivity contribution < 1.29 is 13.7 Å². The topological polar surface area (TPSA) is 85.8 Å². The lowest BCUT2D eigenvalue weighted by molar-refractivity contribution is 0.0940. The second-order valence-electron chi connectivity index (χ2n) is 5.62. The summed E-state index contributed by atoms with van der Waals surface area (Å²) in [7, 11) is 0. The zero-order valence-electron chi connectivity index (χ0n) is 12.6. The van der Waals surface area contributed by atoms with Crippen molar-refractivity contribution in [3.8, 4) is 11.3 Å². The van der Waals surface area contributed by atoms with Crippen LogP contribution in [0.4, 0.5) is 4.39 Å². The summed E-state index contributed by atoms with van der Waals surface area (Å²) >= 11 is 0. The summed E-state index contributed by atoms with van der Waals surface area (Å²) in [6, 6.07) is 8.01. The molecule has 0 bridgehead atoms. The summed E-state index contributed by atoms with van der Waals surface area (Å²) in [6.07, 6.45) is 3.88. The molecule has 1 amide bonds. The molecular weight excluding hydrogens is 313 g/mol. The van der Waals surface area contributed by atoms with Crippen LogP contribution in [0.2, 0.25) is 0 Å². The number of benzene rings is 1. The lowest BCUT2D eigenvalue weighted by Crippen LogP contribution is -2.24. The number of amides is 1. The summed E-state index contributed by atoms with van der Waals surface area (Å²) in [5.41, 5.74) is 0.350. The maximum Gasteiger partial charge on any atom is 0.273 e. The summed E-state index contributed by atoms with van der Waals surface area (Å²) in [5, 5.41) is 14.3. The third-order valence-electron chi connectivity index (χ3n) is 3.88. The number of halogens is 1. The molecule has 2 aromatic heterocycles. The number of aromatic nitrogens is 4. The fraction of sp³-hybridized carbons (Fsp3) is 0.250. The van der Waals surface area contributed by atoms with Crippen molar-refractivity contribution in [1.82, 2.24) is 25.2 Å². The van der Waals surface area contributed by atoms with E-state index in [0.29, 0.717) is 11.9 Å². The van der Waals surface area contributed by atoms with Crippen LogP contribution in [-0.4, -0.2) is 25.8 Å². The second kappa shape index (κ2) is 5.88. The van der Waals surface area contributed by atoms with E-state index in [1.807, 2.05) is 4.57 Å². The Morgan fingerprint density at radius 1 is 1.38 bits per heavy atom. The van der Waals surface area contributed by atoms with Crippen LogP contribution in [0.5, 0.6) is 0 Å². The Bertz CT molecular complexity index is 884. The molecular formula is C16H14FN5O2. The van der Waals surface area contributed by atoms with E-state index in [1.54, 1.807) is 24.5 Å². The molecule has 4 rings (SSSR count). The fourth-order valence-corrected chi connectivity index (χ4v) is 2.47. The van der Waals surface area contributed by atoms with Gasteiger partial charge in [-0.15, -0.1) is 10.2 Å². The quantitative estimate of drug-likeness (QED) is 0.777. The minimum atomic E-state index is -0.432. The number of hydrogen-bond acceptors (Lipinski definition) is 5. The maximum atomic E-state index is 13.7. The van der Waals surface area contributed by atoms with Crippen molar-refractivity contribution >= 4 is 5.91 Å². The van der Waals surface area contributed by atoms with Gasteiger partial charge in [0.25, 0.3) is 5.91 Å². The number of nitrogens with zero attached hydrogens (tertiary/aromatic N) is 4. The molecule has 0 atom stereocenters. The average molecular weight is 327 g/mol. The van der Waals surface area contributed by atoms with Crippen LogP contribution < -0.4 is 5.32 Å². The van der Waals surface area contributed by atoms with Crippen molar-refractivity contribution in [3.63, 3.8) is 0 Å². The molecule has 1 aromatic carbocycles. The zero-order valence-corrected chi connectivity index (χ0v) is 12.6. The normalized spacial score (nSPS) is 13.9. The number of carbonyl (C=O) groups is 1. The lowest BCUT2D eigenvalue weighted by atomic mass is 10.1. The van der Waals surface area contributed by atoms with E-state index < -0.39 is 11.7 Å². The molecule has 0 unspecified atom stereocenters. The number of hydrogen-bond donors (Lipinski definition) is 1. The van der Waals surface area contributed by atoms with Crippen molar-refractivity contribution in [1.29, 1.82) is 0 Å². The van der Waals surface area contributed by atoms with Crippen molar-refractivity contribution in [2.24, 2.45) is 0 Å². The first-order chi connectivity index (χ1) is 11.7. The predicted molar refractivity (Wildman–Crippen MR) is 81.4 cm³/mol. The van der Waals surface area contributed by atoms with Gasteiger partial charge in [0, 0.05) is 12.1 Å². The van der Waals surface area contributed by atoms with E-state index in [4.69, 9.17) is 4.52 Å². The third kappa shape index (κ3) is 2.78. The van der Waals surface area contributed by atoms with E-state index in [1.165, 1.54) is 12.1 Å². The average Bonchev–Trinajstić information content (AvgIpc) is 3.12. The highest BCUT2D eigenvalue weighted by atomic mass is 19.1. The Kier molecular flexibility index (Phi) is 3.56. The molecule has 0 aliphatic heterocycles. The molecule has 3 aromatic rings. The van der Waals surface area contributed by atoms with Gasteiger partial charge in [-0.3, -0.25) is 4.79 Å². The van der Waals surface area contributed by atoms with Crippen molar-refractivity contribution in [3.05, 3.63) is 54.0 Å². The maximum absolute atomic E-state index is 13.7. The molecule has 1 saturated carbocycles. The Morgan fingerprint density at radius 2 is 2.21 bits per heavy atom. The van der Waals surface area contributed by atoms with Gasteiger partial charge in [-0.05, 0) is 25.0 Å². The number of carbonyl (C=O) groups excluding carboxylic acids is 1. The molecule has 2 heterocycles. The molecule has 8 heteroatoms. The van der Waals surface area contributed by atoms with Gasteiger partial charge < -0.3 is 14.4 Å². The summed E-state index contributed by atoms with van der Waals surface area (Å²) in [5.74, 6) is 0.0629. The predicted octanol–water partition coefficient (Wildman–Crippen LogP) is 2.34. The largest absolute Gasteiger partial charge is 0.355 e. The van der Waals surface area contributed by atoms with Crippen LogP contribution >= 0.6 is 0 Å². The molecule has 1 N–H and O–H groups in total. The Hall–Kier alpha value is -3.03. The number of rotatable bonds is 5. The highest BCUT2D eigenvalue weighted by Gasteiger charge is 2.26. The van der Waals surface area contributed by atoms with Gasteiger partial charge in [0.15, 0.2) is 17.3 Å². The molecule has 1 aliphatic carbocycles. The van der Waals surface area contributed by atoms with Crippen LogP contribution in [0.3, 0.4) is 0 Å².